The number of allylic oxidation sites excluding steroid dienone is 4. The molecule has 0 saturated carbocycles. The van der Waals surface area contributed by atoms with Crippen LogP contribution in [0.5, 0.6) is 0 Å². The Bertz CT molecular complexity index is 309. The van der Waals surface area contributed by atoms with Crippen LogP contribution in [0.3, 0.4) is 0 Å². The first-order valence-corrected chi connectivity index (χ1v) is 5.57. The predicted octanol–water partition coefficient (Wildman–Crippen LogP) is 3.27. The molecule has 2 aliphatic rings. The van der Waals surface area contributed by atoms with Crippen molar-refractivity contribution in [3.63, 3.8) is 0 Å². The van der Waals surface area contributed by atoms with E-state index in [4.69, 9.17) is 0 Å². The number of ketones is 1. The maximum Gasteiger partial charge on any atom is 0.155 e. The summed E-state index contributed by atoms with van der Waals surface area (Å²) in [7, 11) is 0. The molecule has 2 atom stereocenters. The van der Waals surface area contributed by atoms with Crippen molar-refractivity contribution in [1.29, 1.82) is 0 Å². The molecule has 14 heavy (non-hydrogen) atoms. The summed E-state index contributed by atoms with van der Waals surface area (Å²) >= 11 is 0. The molecular formula is C13H18O. The molecule has 0 spiro atoms. The second-order valence-corrected chi connectivity index (χ2v) is 4.70. The van der Waals surface area contributed by atoms with Gasteiger partial charge in [0.2, 0.25) is 0 Å². The minimum Gasteiger partial charge on any atom is -0.295 e. The van der Waals surface area contributed by atoms with Crippen molar-refractivity contribution < 1.29 is 4.79 Å². The highest BCUT2D eigenvalue weighted by Crippen LogP contribution is 2.37. The lowest BCUT2D eigenvalue weighted by molar-refractivity contribution is -0.114. The summed E-state index contributed by atoms with van der Waals surface area (Å²) in [6, 6.07) is 0. The Labute approximate surface area is 85.9 Å². The number of hydrogen-bond donors (Lipinski definition) is 0. The van der Waals surface area contributed by atoms with Gasteiger partial charge in [0.25, 0.3) is 0 Å². The van der Waals surface area contributed by atoms with Crippen molar-refractivity contribution in [2.75, 3.05) is 0 Å². The molecule has 1 heteroatoms. The molecule has 0 heterocycles. The Balaban J connectivity index is 2.13. The molecule has 0 aromatic carbocycles. The minimum atomic E-state index is 0.332. The molecule has 0 amide bonds. The zero-order valence-corrected chi connectivity index (χ0v) is 9.05. The summed E-state index contributed by atoms with van der Waals surface area (Å²) < 4.78 is 0. The molecule has 0 aromatic heterocycles. The van der Waals surface area contributed by atoms with Crippen LogP contribution in [-0.2, 0) is 4.79 Å². The van der Waals surface area contributed by atoms with Gasteiger partial charge in [-0.2, -0.15) is 0 Å². The molecule has 0 fully saturated rings. The van der Waals surface area contributed by atoms with Crippen molar-refractivity contribution in [2.45, 2.75) is 39.5 Å². The van der Waals surface area contributed by atoms with Gasteiger partial charge < -0.3 is 0 Å². The van der Waals surface area contributed by atoms with Crippen LogP contribution in [0.15, 0.2) is 23.3 Å². The van der Waals surface area contributed by atoms with E-state index in [0.717, 1.165) is 12.8 Å². The van der Waals surface area contributed by atoms with Gasteiger partial charge in [0.05, 0.1) is 0 Å². The third-order valence-corrected chi connectivity index (χ3v) is 3.51. The van der Waals surface area contributed by atoms with Gasteiger partial charge in [-0.3, -0.25) is 4.79 Å². The van der Waals surface area contributed by atoms with E-state index in [1.54, 1.807) is 0 Å². The Morgan fingerprint density at radius 1 is 1.29 bits per heavy atom. The maximum absolute atomic E-state index is 11.2. The predicted molar refractivity (Wildman–Crippen MR) is 58.0 cm³/mol. The second kappa shape index (κ2) is 3.72. The van der Waals surface area contributed by atoms with Crippen LogP contribution >= 0.6 is 0 Å². The normalized spacial score (nSPS) is 32.9. The van der Waals surface area contributed by atoms with Gasteiger partial charge in [0.15, 0.2) is 5.78 Å². The quantitative estimate of drug-likeness (QED) is 0.580. The van der Waals surface area contributed by atoms with Crippen LogP contribution < -0.4 is 0 Å². The number of rotatable bonds is 1. The molecule has 0 radical (unpaired) electrons. The molecule has 1 nitrogen and oxygen atoms in total. The third kappa shape index (κ3) is 1.82. The van der Waals surface area contributed by atoms with Crippen molar-refractivity contribution in [2.24, 2.45) is 11.8 Å². The van der Waals surface area contributed by atoms with E-state index < -0.39 is 0 Å². The zero-order valence-electron chi connectivity index (χ0n) is 9.05. The summed E-state index contributed by atoms with van der Waals surface area (Å²) in [6.45, 7) is 4.48. The van der Waals surface area contributed by atoms with E-state index in [9.17, 15) is 4.79 Å². The molecule has 0 saturated heterocycles. The first-order valence-electron chi connectivity index (χ1n) is 5.57. The van der Waals surface area contributed by atoms with Gasteiger partial charge in [-0.1, -0.05) is 24.1 Å². The van der Waals surface area contributed by atoms with Crippen LogP contribution in [0, 0.1) is 11.8 Å². The highest BCUT2D eigenvalue weighted by Gasteiger charge is 2.26. The summed E-state index contributed by atoms with van der Waals surface area (Å²) in [4.78, 5) is 11.2. The lowest BCUT2D eigenvalue weighted by Crippen LogP contribution is -2.16. The Morgan fingerprint density at radius 3 is 2.64 bits per heavy atom. The van der Waals surface area contributed by atoms with E-state index >= 15 is 0 Å². The fourth-order valence-electron chi connectivity index (χ4n) is 2.73. The Hall–Kier alpha value is -0.850. The molecule has 0 N–H and O–H groups in total. The van der Waals surface area contributed by atoms with Gasteiger partial charge in [-0.25, -0.2) is 0 Å². The molecule has 0 bridgehead atoms. The fraction of sp³-hybridized carbons (Fsp3) is 0.615. The van der Waals surface area contributed by atoms with Crippen LogP contribution in [0.4, 0.5) is 0 Å². The summed E-state index contributed by atoms with van der Waals surface area (Å²) in [5.41, 5.74) is 2.92. The smallest absolute Gasteiger partial charge is 0.155 e. The number of carbonyl (C=O) groups excluding carboxylic acids is 1. The molecule has 2 unspecified atom stereocenters. The zero-order chi connectivity index (χ0) is 10.1. The molecule has 2 rings (SSSR count). The monoisotopic (exact) mass is 190 g/mol. The second-order valence-electron chi connectivity index (χ2n) is 4.70. The molecule has 2 aliphatic carbocycles. The Morgan fingerprint density at radius 2 is 2.07 bits per heavy atom. The molecule has 0 aromatic rings. The van der Waals surface area contributed by atoms with Crippen molar-refractivity contribution in [3.05, 3.63) is 23.3 Å². The van der Waals surface area contributed by atoms with Gasteiger partial charge >= 0.3 is 0 Å². The van der Waals surface area contributed by atoms with Gasteiger partial charge in [-0.05, 0) is 44.1 Å². The standard InChI is InChI=1S/C13H18O/c1-9-3-6-13(10(2)7-9)11-4-5-12(14)8-11/h7-8,10,13H,3-6H2,1-2H3. The van der Waals surface area contributed by atoms with Gasteiger partial charge in [0.1, 0.15) is 0 Å². The average molecular weight is 190 g/mol. The van der Waals surface area contributed by atoms with Crippen LogP contribution in [-0.4, -0.2) is 5.78 Å². The highest BCUT2D eigenvalue weighted by atomic mass is 16.1. The van der Waals surface area contributed by atoms with Crippen LogP contribution in [0.1, 0.15) is 39.5 Å². The van der Waals surface area contributed by atoms with Gasteiger partial charge in [0, 0.05) is 6.42 Å². The number of carbonyl (C=O) groups is 1. The lowest BCUT2D eigenvalue weighted by Gasteiger charge is -2.27. The molecule has 76 valence electrons. The lowest BCUT2D eigenvalue weighted by atomic mass is 9.77. The van der Waals surface area contributed by atoms with E-state index in [0.29, 0.717) is 17.6 Å². The fourth-order valence-corrected chi connectivity index (χ4v) is 2.73. The topological polar surface area (TPSA) is 17.1 Å². The van der Waals surface area contributed by atoms with Crippen LogP contribution in [0.25, 0.3) is 0 Å². The van der Waals surface area contributed by atoms with Crippen molar-refractivity contribution in [3.8, 4) is 0 Å². The van der Waals surface area contributed by atoms with E-state index in [2.05, 4.69) is 19.9 Å². The van der Waals surface area contributed by atoms with Crippen molar-refractivity contribution in [1.82, 2.24) is 0 Å². The summed E-state index contributed by atoms with van der Waals surface area (Å²) in [5.74, 6) is 1.60. The van der Waals surface area contributed by atoms with E-state index in [1.165, 1.54) is 24.0 Å². The Kier molecular flexibility index (Phi) is 2.58. The maximum atomic E-state index is 11.2. The van der Waals surface area contributed by atoms with E-state index in [1.807, 2.05) is 6.08 Å². The summed E-state index contributed by atoms with van der Waals surface area (Å²) in [5, 5.41) is 0. The average Bonchev–Trinajstić information content (AvgIpc) is 2.51. The largest absolute Gasteiger partial charge is 0.295 e. The first-order chi connectivity index (χ1) is 6.66. The molecule has 0 aliphatic heterocycles. The summed E-state index contributed by atoms with van der Waals surface area (Å²) in [6.07, 6.45) is 8.48. The minimum absolute atomic E-state index is 0.332. The third-order valence-electron chi connectivity index (χ3n) is 3.51. The number of hydrogen-bond acceptors (Lipinski definition) is 1. The van der Waals surface area contributed by atoms with Gasteiger partial charge in [-0.15, -0.1) is 0 Å². The molecular weight excluding hydrogens is 172 g/mol. The van der Waals surface area contributed by atoms with E-state index in [-0.39, 0.29) is 0 Å². The first kappa shape index (κ1) is 9.70. The van der Waals surface area contributed by atoms with Crippen molar-refractivity contribution >= 4 is 5.78 Å². The SMILES string of the molecule is CC1=CC(C)C(C2=CC(=O)CC2)CC1. The van der Waals surface area contributed by atoms with Crippen LogP contribution in [0.2, 0.25) is 0 Å². The highest BCUT2D eigenvalue weighted by molar-refractivity contribution is 5.93.